The summed E-state index contributed by atoms with van der Waals surface area (Å²) in [6, 6.07) is 20.3. The summed E-state index contributed by atoms with van der Waals surface area (Å²) in [5.41, 5.74) is 8.92. The quantitative estimate of drug-likeness (QED) is 0.0461. The van der Waals surface area contributed by atoms with Gasteiger partial charge in [0.25, 0.3) is 11.8 Å². The molecule has 4 aromatic carbocycles. The summed E-state index contributed by atoms with van der Waals surface area (Å²) in [5.74, 6) is 1.58. The summed E-state index contributed by atoms with van der Waals surface area (Å²) in [7, 11) is 0. The Bertz CT molecular complexity index is 2660. The van der Waals surface area contributed by atoms with Crippen LogP contribution >= 0.6 is 11.6 Å². The van der Waals surface area contributed by atoms with Crippen molar-refractivity contribution in [3.8, 4) is 11.8 Å². The molecule has 63 heavy (non-hydrogen) atoms. The van der Waals surface area contributed by atoms with Crippen molar-refractivity contribution < 1.29 is 32.3 Å². The van der Waals surface area contributed by atoms with E-state index in [9.17, 15) is 23.6 Å². The molecule has 0 bridgehead atoms. The maximum absolute atomic E-state index is 15.1. The van der Waals surface area contributed by atoms with Gasteiger partial charge in [0.15, 0.2) is 0 Å². The lowest BCUT2D eigenvalue weighted by atomic mass is 9.86. The van der Waals surface area contributed by atoms with Gasteiger partial charge in [-0.15, -0.1) is 0 Å². The van der Waals surface area contributed by atoms with Crippen LogP contribution in [0, 0.1) is 29.3 Å². The lowest BCUT2D eigenvalue weighted by molar-refractivity contribution is -0.122. The van der Waals surface area contributed by atoms with E-state index in [0.29, 0.717) is 61.5 Å². The number of nitrogens with zero attached hydrogens (tertiary/aromatic N) is 2. The second-order valence-electron chi connectivity index (χ2n) is 15.8. The number of hydrogen-bond acceptors (Lipinski definition) is 6. The van der Waals surface area contributed by atoms with Gasteiger partial charge in [0, 0.05) is 94.6 Å². The predicted molar refractivity (Wildman–Crippen MR) is 237 cm³/mol. The number of amides is 4. The molecule has 0 fully saturated rings. The zero-order valence-corrected chi connectivity index (χ0v) is 35.4. The normalized spacial score (nSPS) is 13.5. The van der Waals surface area contributed by atoms with Gasteiger partial charge < -0.3 is 36.5 Å². The van der Waals surface area contributed by atoms with Gasteiger partial charge >= 0.3 is 0 Å². The number of fused-ring (bicyclic) bond motifs is 2. The Morgan fingerprint density at radius 2 is 1.63 bits per heavy atom. The van der Waals surface area contributed by atoms with Crippen molar-refractivity contribution in [1.82, 2.24) is 20.5 Å². The molecule has 7 rings (SSSR count). The average Bonchev–Trinajstić information content (AvgIpc) is 3.75. The number of aromatic nitrogens is 1. The predicted octanol–water partition coefficient (Wildman–Crippen LogP) is 7.01. The molecule has 0 saturated heterocycles. The minimum absolute atomic E-state index is 0.0612. The number of hydrogen-bond donors (Lipinski definition) is 5. The van der Waals surface area contributed by atoms with E-state index in [4.69, 9.17) is 17.3 Å². The van der Waals surface area contributed by atoms with Gasteiger partial charge in [-0.05, 0) is 105 Å². The van der Waals surface area contributed by atoms with Gasteiger partial charge in [-0.2, -0.15) is 0 Å². The molecule has 2 aliphatic rings. The van der Waals surface area contributed by atoms with E-state index in [-0.39, 0.29) is 40.1 Å². The average molecular weight is 876 g/mol. The first kappa shape index (κ1) is 44.1. The molecular formula is C48H45ClF3N7O4. The molecule has 15 heteroatoms. The molecular weight excluding hydrogens is 831 g/mol. The molecule has 2 aliphatic heterocycles. The number of benzene rings is 4. The van der Waals surface area contributed by atoms with E-state index in [2.05, 4.69) is 37.7 Å². The Morgan fingerprint density at radius 1 is 0.873 bits per heavy atom. The third-order valence-electron chi connectivity index (χ3n) is 11.1. The lowest BCUT2D eigenvalue weighted by Crippen LogP contribution is -2.36. The summed E-state index contributed by atoms with van der Waals surface area (Å²) < 4.78 is 47.0. The summed E-state index contributed by atoms with van der Waals surface area (Å²) in [6.07, 6.45) is 5.91. The molecule has 0 unspecified atom stereocenters. The number of carbonyl (C=O) groups excluding carboxylic acids is 4. The molecule has 324 valence electrons. The second kappa shape index (κ2) is 19.0. The summed E-state index contributed by atoms with van der Waals surface area (Å²) >= 11 is 6.25. The SMILES string of the molecule is CC1(C)C(=O)N(Cc2c(F)cccc2Cl)c2cc(C(=O)NCc3c(F)cc(C#CC(=O)NCCCCn4ccc5c4NCC(C(=O)NCCc4ccc(N)cc4)=C5)cc3F)ccc21. The van der Waals surface area contributed by atoms with Gasteiger partial charge in [-0.25, -0.2) is 13.2 Å². The number of nitrogens with one attached hydrogen (secondary N) is 4. The Labute approximate surface area is 367 Å². The van der Waals surface area contributed by atoms with Crippen LogP contribution in [0.2, 0.25) is 5.02 Å². The number of carbonyl (C=O) groups is 4. The number of unbranched alkanes of at least 4 members (excludes halogenated alkanes) is 1. The molecule has 0 aliphatic carbocycles. The molecule has 0 saturated carbocycles. The highest BCUT2D eigenvalue weighted by Crippen LogP contribution is 2.43. The first-order chi connectivity index (χ1) is 30.2. The van der Waals surface area contributed by atoms with Gasteiger partial charge in [0.1, 0.15) is 23.3 Å². The number of aryl methyl sites for hydroxylation is 1. The summed E-state index contributed by atoms with van der Waals surface area (Å²) in [5, 5.41) is 11.7. The Kier molecular flexibility index (Phi) is 13.3. The Morgan fingerprint density at radius 3 is 2.38 bits per heavy atom. The zero-order valence-electron chi connectivity index (χ0n) is 34.6. The molecule has 3 heterocycles. The number of halogens is 4. The topological polar surface area (TPSA) is 151 Å². The molecule has 0 radical (unpaired) electrons. The van der Waals surface area contributed by atoms with Gasteiger partial charge in [-0.3, -0.25) is 19.2 Å². The van der Waals surface area contributed by atoms with Gasteiger partial charge in [0.2, 0.25) is 11.8 Å². The van der Waals surface area contributed by atoms with Crippen LogP contribution in [0.1, 0.15) is 70.4 Å². The second-order valence-corrected chi connectivity index (χ2v) is 16.3. The van der Waals surface area contributed by atoms with Crippen LogP contribution in [-0.2, 0) is 45.9 Å². The highest BCUT2D eigenvalue weighted by molar-refractivity contribution is 6.31. The number of rotatable bonds is 14. The fraction of sp³-hybridized carbons (Fsp3) is 0.250. The molecule has 11 nitrogen and oxygen atoms in total. The fourth-order valence-electron chi connectivity index (χ4n) is 7.56. The van der Waals surface area contributed by atoms with Crippen molar-refractivity contribution in [2.45, 2.75) is 58.2 Å². The summed E-state index contributed by atoms with van der Waals surface area (Å²) in [4.78, 5) is 53.2. The van der Waals surface area contributed by atoms with Crippen molar-refractivity contribution in [3.63, 3.8) is 0 Å². The maximum atomic E-state index is 15.1. The minimum Gasteiger partial charge on any atom is -0.399 e. The highest BCUT2D eigenvalue weighted by Gasteiger charge is 2.44. The highest BCUT2D eigenvalue weighted by atomic mass is 35.5. The molecule has 6 N–H and O–H groups in total. The Balaban J connectivity index is 0.864. The Hall–Kier alpha value is -6.98. The largest absolute Gasteiger partial charge is 0.399 e. The van der Waals surface area contributed by atoms with Crippen LogP contribution in [0.3, 0.4) is 0 Å². The first-order valence-electron chi connectivity index (χ1n) is 20.4. The van der Waals surface area contributed by atoms with Crippen LogP contribution in [0.15, 0.2) is 90.6 Å². The van der Waals surface area contributed by atoms with Crippen LogP contribution in [0.5, 0.6) is 0 Å². The van der Waals surface area contributed by atoms with E-state index < -0.39 is 46.8 Å². The van der Waals surface area contributed by atoms with E-state index >= 15 is 8.78 Å². The van der Waals surface area contributed by atoms with E-state index in [1.165, 1.54) is 35.2 Å². The van der Waals surface area contributed by atoms with Crippen LogP contribution in [0.25, 0.3) is 6.08 Å². The maximum Gasteiger partial charge on any atom is 0.296 e. The summed E-state index contributed by atoms with van der Waals surface area (Å²) in [6.45, 7) is 4.71. The molecule has 5 aromatic rings. The van der Waals surface area contributed by atoms with Crippen molar-refractivity contribution in [3.05, 3.63) is 152 Å². The van der Waals surface area contributed by atoms with Crippen molar-refractivity contribution in [1.29, 1.82) is 0 Å². The standard InChI is InChI=1S/C48H45ClF3N7O4/c1-48(2)37-14-11-32(25-42(37)59(47(48)63)28-36-38(49)6-5-7-39(36)50)45(61)57-27-35-40(51)22-30(23-41(35)52)10-15-43(60)54-18-3-4-20-58-21-17-31-24-33(26-56-44(31)58)46(62)55-19-16-29-8-12-34(53)13-9-29/h5-9,11-14,17,21-25,56H,3-4,16,18-20,26-28,53H2,1-2H3,(H,54,60)(H,55,62)(H,57,61). The zero-order chi connectivity index (χ0) is 44.8. The van der Waals surface area contributed by atoms with Crippen molar-refractivity contribution in [2.24, 2.45) is 0 Å². The molecule has 0 spiro atoms. The molecule has 4 amide bonds. The minimum atomic E-state index is -0.962. The molecule has 1 aromatic heterocycles. The lowest BCUT2D eigenvalue weighted by Gasteiger charge is -2.21. The van der Waals surface area contributed by atoms with E-state index in [1.54, 1.807) is 19.9 Å². The first-order valence-corrected chi connectivity index (χ1v) is 20.8. The smallest absolute Gasteiger partial charge is 0.296 e. The van der Waals surface area contributed by atoms with Crippen molar-refractivity contribution in [2.75, 3.05) is 35.6 Å². The van der Waals surface area contributed by atoms with Crippen LogP contribution in [-0.4, -0.2) is 47.8 Å². The fourth-order valence-corrected chi connectivity index (χ4v) is 7.78. The van der Waals surface area contributed by atoms with Crippen LogP contribution < -0.4 is 31.9 Å². The third kappa shape index (κ3) is 10.1. The third-order valence-corrected chi connectivity index (χ3v) is 11.5. The molecule has 0 atom stereocenters. The monoisotopic (exact) mass is 875 g/mol. The van der Waals surface area contributed by atoms with Crippen LogP contribution in [0.4, 0.5) is 30.4 Å². The van der Waals surface area contributed by atoms with Gasteiger partial charge in [0.05, 0.1) is 12.0 Å². The van der Waals surface area contributed by atoms with Gasteiger partial charge in [-0.1, -0.05) is 41.8 Å². The number of nitrogen functional groups attached to an aromatic ring is 1. The van der Waals surface area contributed by atoms with E-state index in [1.807, 2.05) is 42.6 Å². The van der Waals surface area contributed by atoms with Crippen molar-refractivity contribution >= 4 is 58.5 Å². The van der Waals surface area contributed by atoms with E-state index in [0.717, 1.165) is 35.5 Å². The number of nitrogens with two attached hydrogens (primary N) is 1. The number of anilines is 3.